The smallest absolute Gasteiger partial charge is 0.258 e. The molecule has 0 saturated carbocycles. The number of aromatic nitrogens is 6. The van der Waals surface area contributed by atoms with Gasteiger partial charge in [-0.15, -0.1) is 68.0 Å². The van der Waals surface area contributed by atoms with Crippen LogP contribution in [0.5, 0.6) is 0 Å². The molecule has 6 heterocycles. The lowest BCUT2D eigenvalue weighted by Gasteiger charge is -2.19. The van der Waals surface area contributed by atoms with Crippen molar-refractivity contribution in [3.05, 3.63) is 181 Å². The highest BCUT2D eigenvalue weighted by Crippen LogP contribution is 2.34. The van der Waals surface area contributed by atoms with Crippen LogP contribution in [0.2, 0.25) is 0 Å². The first-order valence-corrected chi connectivity index (χ1v) is 36.0. The van der Waals surface area contributed by atoms with Gasteiger partial charge in [0.1, 0.15) is 27.6 Å². The molecule has 0 saturated heterocycles. The zero-order valence-electron chi connectivity index (χ0n) is 57.5. The Hall–Kier alpha value is -8.58. The normalized spacial score (nSPS) is 9.67. The standard InChI is InChI=1S/C12H12N2S.C11H10N2S.2C10H8N2S.2C8H6N2O2S.6C2H6/c1-12(2,3)9-4-8(6-13)11-10(5-9)14-7-15-11;1-7(2)8-3-9(5-12)11-10(4-8)13-6-14-11;1-6-3-9-10(13-5-12-9)7(2)8(6)4-11;1-2-7-3-8(5-11)10-9(4-7)12-6-13-10;2*1-5-2-6-8(13-4-9-6)7(3-5)10(11)12;6*1-2/h4-5,7H,1-3H3;3-4,6-7H,1-2H3;3,5H,1-2H3;3-4,6H,2H2,1H3;2*2-4H,1H3;6*1-2H3. The van der Waals surface area contributed by atoms with Crippen molar-refractivity contribution in [1.82, 2.24) is 29.9 Å². The summed E-state index contributed by atoms with van der Waals surface area (Å²) in [5.74, 6) is 0.438. The Morgan fingerprint density at radius 1 is 0.441 bits per heavy atom. The number of fused-ring (bicyclic) bond motifs is 6. The van der Waals surface area contributed by atoms with Crippen LogP contribution in [0.4, 0.5) is 11.4 Å². The van der Waals surface area contributed by atoms with Crippen LogP contribution in [0, 0.1) is 93.2 Å². The summed E-state index contributed by atoms with van der Waals surface area (Å²) in [7, 11) is 0. The van der Waals surface area contributed by atoms with Gasteiger partial charge in [0, 0.05) is 12.1 Å². The quantitative estimate of drug-likeness (QED) is 0.117. The molecule has 0 amide bonds. The number of thiazole rings is 6. The Kier molecular flexibility index (Phi) is 37.7. The van der Waals surface area contributed by atoms with Gasteiger partial charge in [0.2, 0.25) is 0 Å². The van der Waals surface area contributed by atoms with E-state index in [0.717, 1.165) is 97.4 Å². The van der Waals surface area contributed by atoms with E-state index in [4.69, 9.17) is 21.0 Å². The first-order chi connectivity index (χ1) is 44.7. The summed E-state index contributed by atoms with van der Waals surface area (Å²) < 4.78 is 5.41. The molecule has 0 aliphatic heterocycles. The fourth-order valence-electron chi connectivity index (χ4n) is 8.15. The monoisotopic (exact) mass is 1360 g/mol. The molecule has 22 heteroatoms. The zero-order valence-corrected chi connectivity index (χ0v) is 62.4. The molecule has 0 spiro atoms. The molecule has 6 aromatic heterocycles. The van der Waals surface area contributed by atoms with Gasteiger partial charge in [-0.25, -0.2) is 29.9 Å². The number of hydrogen-bond donors (Lipinski definition) is 0. The minimum absolute atomic E-state index is 0.0589. The predicted octanol–water partition coefficient (Wildman–Crippen LogP) is 23.5. The number of aryl methyl sites for hydroxylation is 5. The summed E-state index contributed by atoms with van der Waals surface area (Å²) in [6, 6.07) is 29.8. The van der Waals surface area contributed by atoms with Gasteiger partial charge in [-0.1, -0.05) is 125 Å². The molecule has 0 unspecified atom stereocenters. The third-order valence-electron chi connectivity index (χ3n) is 12.4. The Morgan fingerprint density at radius 3 is 1.13 bits per heavy atom. The molecule has 0 aliphatic carbocycles. The van der Waals surface area contributed by atoms with Crippen LogP contribution < -0.4 is 0 Å². The molecule has 93 heavy (non-hydrogen) atoms. The van der Waals surface area contributed by atoms with E-state index in [1.807, 2.05) is 159 Å². The van der Waals surface area contributed by atoms with E-state index in [1.54, 1.807) is 51.0 Å². The second kappa shape index (κ2) is 42.5. The van der Waals surface area contributed by atoms with E-state index in [9.17, 15) is 20.2 Å². The van der Waals surface area contributed by atoms with E-state index in [2.05, 4.69) is 108 Å². The van der Waals surface area contributed by atoms with Crippen molar-refractivity contribution in [1.29, 1.82) is 21.0 Å². The molecule has 0 fully saturated rings. The number of benzene rings is 6. The molecule has 0 bridgehead atoms. The van der Waals surface area contributed by atoms with Gasteiger partial charge >= 0.3 is 0 Å². The van der Waals surface area contributed by atoms with E-state index < -0.39 is 0 Å². The maximum absolute atomic E-state index is 10.6. The first kappa shape index (κ1) is 82.4. The molecular weight excluding hydrogens is 1280 g/mol. The predicted molar refractivity (Wildman–Crippen MR) is 399 cm³/mol. The second-order valence-electron chi connectivity index (χ2n) is 19.4. The van der Waals surface area contributed by atoms with Crippen molar-refractivity contribution < 1.29 is 9.85 Å². The molecule has 12 aromatic rings. The van der Waals surface area contributed by atoms with Crippen LogP contribution in [0.15, 0.2) is 99.8 Å². The van der Waals surface area contributed by atoms with Crippen molar-refractivity contribution in [2.75, 3.05) is 0 Å². The van der Waals surface area contributed by atoms with E-state index in [0.29, 0.717) is 26.4 Å². The van der Waals surface area contributed by atoms with Gasteiger partial charge in [0.15, 0.2) is 0 Å². The molecule has 12 rings (SSSR count). The summed E-state index contributed by atoms with van der Waals surface area (Å²) in [6.45, 7) is 44.3. The lowest BCUT2D eigenvalue weighted by Crippen LogP contribution is -2.11. The van der Waals surface area contributed by atoms with Gasteiger partial charge in [0.25, 0.3) is 11.4 Å². The molecular formula is C71H86N12O4S6. The molecule has 16 nitrogen and oxygen atoms in total. The number of nitro benzene ring substituents is 2. The number of rotatable bonds is 4. The van der Waals surface area contributed by atoms with Crippen molar-refractivity contribution in [3.8, 4) is 24.3 Å². The average molecular weight is 1360 g/mol. The average Bonchev–Trinajstić information content (AvgIpc) is 1.86. The highest BCUT2D eigenvalue weighted by atomic mass is 32.1. The van der Waals surface area contributed by atoms with Crippen LogP contribution in [0.25, 0.3) is 61.3 Å². The number of nitro groups is 2. The molecule has 6 aromatic carbocycles. The SMILES string of the molecule is CC.CC.CC.CC.CC.CC.CC(C)(C)c1cc(C#N)c2scnc2c1.CC(C)c1cc(C#N)c2scnc2c1.CCc1cc(C#N)c2scnc2c1.Cc1cc([N+](=O)[O-])c2scnc2c1.Cc1cc([N+](=O)[O-])c2scnc2c1.Cc1cc2ncsc2c(C)c1C#N. The van der Waals surface area contributed by atoms with E-state index in [1.165, 1.54) is 67.8 Å². The molecule has 0 radical (unpaired) electrons. The summed E-state index contributed by atoms with van der Waals surface area (Å²) in [5.41, 5.74) is 26.3. The third kappa shape index (κ3) is 22.9. The molecule has 0 aliphatic rings. The number of non-ortho nitro benzene ring substituents is 2. The minimum atomic E-state index is -0.368. The molecule has 490 valence electrons. The Bertz CT molecular complexity index is 4370. The van der Waals surface area contributed by atoms with Gasteiger partial charge in [-0.2, -0.15) is 21.0 Å². The second-order valence-corrected chi connectivity index (χ2v) is 24.5. The first-order valence-electron chi connectivity index (χ1n) is 30.7. The van der Waals surface area contributed by atoms with E-state index in [-0.39, 0.29) is 26.6 Å². The molecule has 0 atom stereocenters. The largest absolute Gasteiger partial charge is 0.289 e. The number of hydrogen-bond acceptors (Lipinski definition) is 20. The fourth-order valence-corrected chi connectivity index (χ4v) is 12.7. The van der Waals surface area contributed by atoms with E-state index >= 15 is 0 Å². The van der Waals surface area contributed by atoms with Crippen molar-refractivity contribution in [2.24, 2.45) is 0 Å². The van der Waals surface area contributed by atoms with Crippen molar-refractivity contribution in [3.63, 3.8) is 0 Å². The highest BCUT2D eigenvalue weighted by Gasteiger charge is 2.18. The fraction of sp³-hybridized carbons (Fsp3) is 0.352. The Morgan fingerprint density at radius 2 is 0.774 bits per heavy atom. The summed E-state index contributed by atoms with van der Waals surface area (Å²) in [4.78, 5) is 45.6. The van der Waals surface area contributed by atoms with Crippen LogP contribution >= 0.6 is 68.0 Å². The van der Waals surface area contributed by atoms with Gasteiger partial charge < -0.3 is 0 Å². The van der Waals surface area contributed by atoms with Crippen molar-refractivity contribution in [2.45, 2.75) is 170 Å². The van der Waals surface area contributed by atoms with Gasteiger partial charge in [0.05, 0.1) is 123 Å². The van der Waals surface area contributed by atoms with Crippen LogP contribution in [0.3, 0.4) is 0 Å². The highest BCUT2D eigenvalue weighted by molar-refractivity contribution is 7.18. The maximum atomic E-state index is 10.6. The van der Waals surface area contributed by atoms with Crippen LogP contribution in [-0.4, -0.2) is 39.8 Å². The lowest BCUT2D eigenvalue weighted by molar-refractivity contribution is -0.383. The van der Waals surface area contributed by atoms with Crippen LogP contribution in [0.1, 0.15) is 192 Å². The summed E-state index contributed by atoms with van der Waals surface area (Å²) in [6.07, 6.45) is 0.947. The zero-order chi connectivity index (χ0) is 70.7. The van der Waals surface area contributed by atoms with Crippen molar-refractivity contribution >= 4 is 141 Å². The Balaban J connectivity index is 0.000000540. The lowest BCUT2D eigenvalue weighted by atomic mass is 9.86. The number of nitriles is 4. The Labute approximate surface area is 572 Å². The minimum Gasteiger partial charge on any atom is -0.258 e. The van der Waals surface area contributed by atoms with Gasteiger partial charge in [-0.3, -0.25) is 20.2 Å². The third-order valence-corrected chi connectivity index (χ3v) is 17.7. The molecule has 0 N–H and O–H groups in total. The topological polar surface area (TPSA) is 259 Å². The summed E-state index contributed by atoms with van der Waals surface area (Å²) >= 11 is 8.76. The summed E-state index contributed by atoms with van der Waals surface area (Å²) in [5, 5.41) is 57.2. The maximum Gasteiger partial charge on any atom is 0.289 e. The van der Waals surface area contributed by atoms with Gasteiger partial charge in [-0.05, 0) is 139 Å². The number of nitrogens with zero attached hydrogens (tertiary/aromatic N) is 12. The van der Waals surface area contributed by atoms with Crippen LogP contribution in [-0.2, 0) is 11.8 Å².